The van der Waals surface area contributed by atoms with E-state index in [0.29, 0.717) is 17.7 Å². The lowest BCUT2D eigenvalue weighted by Crippen LogP contribution is -2.28. The smallest absolute Gasteiger partial charge is 0.391 e. The predicted molar refractivity (Wildman–Crippen MR) is 77.7 cm³/mol. The molecular weight excluding hydrogens is 335 g/mol. The molecule has 0 aliphatic heterocycles. The van der Waals surface area contributed by atoms with E-state index in [2.05, 4.69) is 0 Å². The molecule has 1 aromatic rings. The number of nitrogens with zero attached hydrogens (tertiary/aromatic N) is 1. The maximum Gasteiger partial charge on any atom is 0.391 e. The standard InChI is InChI=1S/C14H14F3NO4S/c15-14(16,17)8-1-3-9(4-2-8)23-10-5-6-12(18(21)22)11(7-10)13(19)20/h5-9H,1-4H2,(H,19,20). The zero-order valence-electron chi connectivity index (χ0n) is 11.9. The van der Waals surface area contributed by atoms with E-state index in [4.69, 9.17) is 5.11 Å². The van der Waals surface area contributed by atoms with Crippen LogP contribution in [-0.2, 0) is 0 Å². The van der Waals surface area contributed by atoms with E-state index in [1.807, 2.05) is 0 Å². The number of thioether (sulfide) groups is 1. The van der Waals surface area contributed by atoms with Crippen molar-refractivity contribution >= 4 is 23.4 Å². The summed E-state index contributed by atoms with van der Waals surface area (Å²) in [5.41, 5.74) is -0.911. The van der Waals surface area contributed by atoms with Gasteiger partial charge in [-0.1, -0.05) is 0 Å². The van der Waals surface area contributed by atoms with Crippen LogP contribution in [0, 0.1) is 16.0 Å². The van der Waals surface area contributed by atoms with Gasteiger partial charge in [0, 0.05) is 16.2 Å². The predicted octanol–water partition coefficient (Wildman–Crippen LogP) is 4.51. The van der Waals surface area contributed by atoms with Crippen LogP contribution in [-0.4, -0.2) is 27.4 Å². The highest BCUT2D eigenvalue weighted by atomic mass is 32.2. The molecule has 1 aliphatic carbocycles. The lowest BCUT2D eigenvalue weighted by atomic mass is 9.88. The zero-order valence-corrected chi connectivity index (χ0v) is 12.7. The highest BCUT2D eigenvalue weighted by molar-refractivity contribution is 8.00. The van der Waals surface area contributed by atoms with Gasteiger partial charge in [-0.2, -0.15) is 13.2 Å². The van der Waals surface area contributed by atoms with Crippen LogP contribution in [0.1, 0.15) is 36.0 Å². The Bertz CT molecular complexity index is 613. The summed E-state index contributed by atoms with van der Waals surface area (Å²) in [5, 5.41) is 19.8. The van der Waals surface area contributed by atoms with Crippen LogP contribution in [0.15, 0.2) is 23.1 Å². The monoisotopic (exact) mass is 349 g/mol. The molecule has 5 nitrogen and oxygen atoms in total. The van der Waals surface area contributed by atoms with Crippen molar-refractivity contribution in [1.29, 1.82) is 0 Å². The molecule has 0 bridgehead atoms. The Hall–Kier alpha value is -1.77. The second-order valence-corrected chi connectivity index (χ2v) is 6.75. The van der Waals surface area contributed by atoms with Gasteiger partial charge >= 0.3 is 12.1 Å². The minimum Gasteiger partial charge on any atom is -0.477 e. The normalized spacial score (nSPS) is 21.9. The highest BCUT2D eigenvalue weighted by Crippen LogP contribution is 2.42. The van der Waals surface area contributed by atoms with Gasteiger partial charge in [-0.25, -0.2) is 4.79 Å². The van der Waals surface area contributed by atoms with Crippen LogP contribution in [0.3, 0.4) is 0 Å². The Labute approximate surface area is 134 Å². The van der Waals surface area contributed by atoms with E-state index in [1.54, 1.807) is 0 Å². The molecular formula is C14H14F3NO4S. The second kappa shape index (κ2) is 6.77. The van der Waals surface area contributed by atoms with E-state index in [0.717, 1.165) is 6.07 Å². The molecule has 1 saturated carbocycles. The lowest BCUT2D eigenvalue weighted by molar-refractivity contribution is -0.385. The highest BCUT2D eigenvalue weighted by Gasteiger charge is 2.41. The fourth-order valence-electron chi connectivity index (χ4n) is 2.62. The quantitative estimate of drug-likeness (QED) is 0.639. The number of aromatic carboxylic acids is 1. The van der Waals surface area contributed by atoms with Crippen LogP contribution in [0.2, 0.25) is 0 Å². The van der Waals surface area contributed by atoms with Gasteiger partial charge in [-0.15, -0.1) is 11.8 Å². The third kappa shape index (κ3) is 4.37. The van der Waals surface area contributed by atoms with Gasteiger partial charge in [0.2, 0.25) is 0 Å². The van der Waals surface area contributed by atoms with Crippen molar-refractivity contribution in [2.75, 3.05) is 0 Å². The van der Waals surface area contributed by atoms with Crippen molar-refractivity contribution in [2.45, 2.75) is 42.0 Å². The van der Waals surface area contributed by atoms with E-state index in [-0.39, 0.29) is 18.1 Å². The molecule has 0 atom stereocenters. The molecule has 1 N–H and O–H groups in total. The van der Waals surface area contributed by atoms with Gasteiger partial charge in [0.15, 0.2) is 0 Å². The fraction of sp³-hybridized carbons (Fsp3) is 0.500. The Kier molecular flexibility index (Phi) is 5.18. The van der Waals surface area contributed by atoms with Gasteiger partial charge in [0.25, 0.3) is 5.69 Å². The van der Waals surface area contributed by atoms with Crippen molar-refractivity contribution < 1.29 is 28.0 Å². The Morgan fingerprint density at radius 3 is 2.35 bits per heavy atom. The molecule has 0 unspecified atom stereocenters. The Balaban J connectivity index is 2.06. The van der Waals surface area contributed by atoms with Crippen LogP contribution in [0.4, 0.5) is 18.9 Å². The molecule has 126 valence electrons. The number of hydrogen-bond acceptors (Lipinski definition) is 4. The van der Waals surface area contributed by atoms with E-state index < -0.39 is 34.2 Å². The van der Waals surface area contributed by atoms with E-state index in [9.17, 15) is 28.1 Å². The number of carboxylic acids is 1. The maximum atomic E-state index is 12.6. The molecule has 1 aliphatic rings. The molecule has 0 spiro atoms. The molecule has 0 aromatic heterocycles. The number of carboxylic acid groups (broad SMARTS) is 1. The number of alkyl halides is 3. The summed E-state index contributed by atoms with van der Waals surface area (Å²) >= 11 is 1.28. The SMILES string of the molecule is O=C(O)c1cc(SC2CCC(C(F)(F)F)CC2)ccc1[N+](=O)[O-]. The molecule has 1 fully saturated rings. The number of halogens is 3. The minimum atomic E-state index is -4.17. The minimum absolute atomic E-state index is 0.0447. The van der Waals surface area contributed by atoms with Crippen LogP contribution in [0.5, 0.6) is 0 Å². The third-order valence-electron chi connectivity index (χ3n) is 3.83. The molecule has 23 heavy (non-hydrogen) atoms. The molecule has 0 heterocycles. The number of carbonyl (C=O) groups is 1. The summed E-state index contributed by atoms with van der Waals surface area (Å²) in [5.74, 6) is -2.68. The van der Waals surface area contributed by atoms with Crippen molar-refractivity contribution in [3.05, 3.63) is 33.9 Å². The van der Waals surface area contributed by atoms with Crippen molar-refractivity contribution in [3.8, 4) is 0 Å². The van der Waals surface area contributed by atoms with Gasteiger partial charge < -0.3 is 5.11 Å². The molecule has 9 heteroatoms. The van der Waals surface area contributed by atoms with Crippen molar-refractivity contribution in [2.24, 2.45) is 5.92 Å². The Morgan fingerprint density at radius 2 is 1.87 bits per heavy atom. The first-order chi connectivity index (χ1) is 10.7. The van der Waals surface area contributed by atoms with Crippen LogP contribution >= 0.6 is 11.8 Å². The first-order valence-electron chi connectivity index (χ1n) is 6.93. The molecule has 0 amide bonds. The van der Waals surface area contributed by atoms with Gasteiger partial charge in [-0.05, 0) is 37.8 Å². The van der Waals surface area contributed by atoms with Crippen molar-refractivity contribution in [1.82, 2.24) is 0 Å². The third-order valence-corrected chi connectivity index (χ3v) is 5.17. The summed E-state index contributed by atoms with van der Waals surface area (Å²) in [6.45, 7) is 0. The second-order valence-electron chi connectivity index (χ2n) is 5.37. The largest absolute Gasteiger partial charge is 0.477 e. The summed E-state index contributed by atoms with van der Waals surface area (Å²) in [6.07, 6.45) is -3.29. The summed E-state index contributed by atoms with van der Waals surface area (Å²) in [6, 6.07) is 3.76. The van der Waals surface area contributed by atoms with Crippen molar-refractivity contribution in [3.63, 3.8) is 0 Å². The molecule has 2 rings (SSSR count). The van der Waals surface area contributed by atoms with E-state index >= 15 is 0 Å². The van der Waals surface area contributed by atoms with Gasteiger partial charge in [-0.3, -0.25) is 10.1 Å². The first kappa shape index (κ1) is 17.6. The molecule has 1 aromatic carbocycles. The zero-order chi connectivity index (χ0) is 17.2. The number of nitro groups is 1. The number of benzene rings is 1. The van der Waals surface area contributed by atoms with Crippen LogP contribution < -0.4 is 0 Å². The molecule has 0 saturated heterocycles. The lowest BCUT2D eigenvalue weighted by Gasteiger charge is -2.29. The summed E-state index contributed by atoms with van der Waals surface area (Å²) in [7, 11) is 0. The first-order valence-corrected chi connectivity index (χ1v) is 7.81. The number of nitro benzene ring substituents is 1. The molecule has 0 radical (unpaired) electrons. The fourth-order valence-corrected chi connectivity index (χ4v) is 3.84. The van der Waals surface area contributed by atoms with Gasteiger partial charge in [0.05, 0.1) is 10.8 Å². The number of rotatable bonds is 4. The van der Waals surface area contributed by atoms with E-state index in [1.165, 1.54) is 23.9 Å². The summed E-state index contributed by atoms with van der Waals surface area (Å²) in [4.78, 5) is 21.6. The Morgan fingerprint density at radius 1 is 1.26 bits per heavy atom. The number of hydrogen-bond donors (Lipinski definition) is 1. The maximum absolute atomic E-state index is 12.6. The summed E-state index contributed by atoms with van der Waals surface area (Å²) < 4.78 is 37.9. The topological polar surface area (TPSA) is 80.4 Å². The average molecular weight is 349 g/mol. The average Bonchev–Trinajstić information content (AvgIpc) is 2.46. The van der Waals surface area contributed by atoms with Gasteiger partial charge in [0.1, 0.15) is 5.56 Å². The van der Waals surface area contributed by atoms with Crippen LogP contribution in [0.25, 0.3) is 0 Å².